The molecule has 3 heterocycles. The minimum absolute atomic E-state index is 0.0566. The summed E-state index contributed by atoms with van der Waals surface area (Å²) in [6.45, 7) is 4.49. The number of carbonyl (C=O) groups excluding carboxylic acids is 1. The first-order valence-electron chi connectivity index (χ1n) is 9.01. The third-order valence-electron chi connectivity index (χ3n) is 5.23. The molecular formula is C20H23ClN2O2S. The zero-order valence-electron chi connectivity index (χ0n) is 15.0. The quantitative estimate of drug-likeness (QED) is 0.785. The Morgan fingerprint density at radius 3 is 2.85 bits per heavy atom. The fourth-order valence-corrected chi connectivity index (χ4v) is 5.74. The molecule has 1 spiro atoms. The summed E-state index contributed by atoms with van der Waals surface area (Å²) in [5.41, 5.74) is 3.13. The second-order valence-corrected chi connectivity index (χ2v) is 9.01. The van der Waals surface area contributed by atoms with Gasteiger partial charge in [-0.15, -0.1) is 11.3 Å². The normalized spacial score (nSPS) is 28.0. The van der Waals surface area contributed by atoms with E-state index in [4.69, 9.17) is 16.3 Å². The topological polar surface area (TPSA) is 50.4 Å². The van der Waals surface area contributed by atoms with Crippen molar-refractivity contribution in [1.82, 2.24) is 5.32 Å². The van der Waals surface area contributed by atoms with Crippen LogP contribution in [-0.4, -0.2) is 18.6 Å². The van der Waals surface area contributed by atoms with Gasteiger partial charge >= 0.3 is 0 Å². The fourth-order valence-electron chi connectivity index (χ4n) is 4.28. The number of thiophene rings is 1. The van der Waals surface area contributed by atoms with E-state index < -0.39 is 0 Å². The fraction of sp³-hybridized carbons (Fsp3) is 0.450. The average molecular weight is 391 g/mol. The van der Waals surface area contributed by atoms with Gasteiger partial charge in [0.15, 0.2) is 0 Å². The minimum atomic E-state index is -0.253. The molecule has 2 aliphatic heterocycles. The molecule has 1 aromatic heterocycles. The summed E-state index contributed by atoms with van der Waals surface area (Å²) in [7, 11) is 0. The Bertz CT molecular complexity index is 820. The summed E-state index contributed by atoms with van der Waals surface area (Å²) >= 11 is 7.98. The van der Waals surface area contributed by atoms with E-state index in [1.165, 1.54) is 22.9 Å². The molecule has 3 atom stereocenters. The molecule has 4 nitrogen and oxygen atoms in total. The second-order valence-electron chi connectivity index (χ2n) is 7.33. The molecule has 1 aromatic carbocycles. The molecule has 0 aliphatic carbocycles. The van der Waals surface area contributed by atoms with Crippen molar-refractivity contribution in [2.45, 2.75) is 50.8 Å². The Morgan fingerprint density at radius 2 is 2.12 bits per heavy atom. The molecule has 2 aliphatic rings. The molecule has 4 rings (SSSR count). The van der Waals surface area contributed by atoms with Crippen molar-refractivity contribution in [3.8, 4) is 0 Å². The number of rotatable bonds is 2. The molecule has 26 heavy (non-hydrogen) atoms. The van der Waals surface area contributed by atoms with Gasteiger partial charge in [0.05, 0.1) is 10.9 Å². The van der Waals surface area contributed by atoms with Crippen LogP contribution in [0.25, 0.3) is 0 Å². The van der Waals surface area contributed by atoms with Crippen molar-refractivity contribution in [1.29, 1.82) is 0 Å². The number of fused-ring (bicyclic) bond motifs is 2. The minimum Gasteiger partial charge on any atom is -0.369 e. The number of anilines is 1. The van der Waals surface area contributed by atoms with Crippen LogP contribution in [0.4, 0.5) is 5.69 Å². The molecule has 0 saturated carbocycles. The molecule has 6 heteroatoms. The lowest BCUT2D eigenvalue weighted by atomic mass is 9.78. The van der Waals surface area contributed by atoms with E-state index >= 15 is 0 Å². The number of carbonyl (C=O) groups is 1. The van der Waals surface area contributed by atoms with Gasteiger partial charge in [-0.05, 0) is 49.1 Å². The largest absolute Gasteiger partial charge is 0.369 e. The van der Waals surface area contributed by atoms with Crippen LogP contribution in [0.15, 0.2) is 30.3 Å². The molecule has 138 valence electrons. The number of halogens is 1. The number of amides is 1. The molecule has 2 N–H and O–H groups in total. The molecule has 0 radical (unpaired) electrons. The van der Waals surface area contributed by atoms with Gasteiger partial charge in [-0.3, -0.25) is 4.79 Å². The predicted molar refractivity (Wildman–Crippen MR) is 106 cm³/mol. The van der Waals surface area contributed by atoms with Crippen LogP contribution in [0, 0.1) is 0 Å². The van der Waals surface area contributed by atoms with Crippen molar-refractivity contribution < 1.29 is 9.53 Å². The lowest BCUT2D eigenvalue weighted by molar-refractivity contribution is -0.114. The highest BCUT2D eigenvalue weighted by Crippen LogP contribution is 2.50. The van der Waals surface area contributed by atoms with E-state index in [9.17, 15) is 4.79 Å². The molecule has 2 aromatic rings. The van der Waals surface area contributed by atoms with Crippen LogP contribution in [0.2, 0.25) is 4.34 Å². The number of nitrogens with one attached hydrogen (secondary N) is 2. The summed E-state index contributed by atoms with van der Waals surface area (Å²) in [5, 5.41) is 6.53. The number of hydrogen-bond acceptors (Lipinski definition) is 4. The van der Waals surface area contributed by atoms with Crippen molar-refractivity contribution >= 4 is 34.5 Å². The van der Waals surface area contributed by atoms with E-state index in [2.05, 4.69) is 35.8 Å². The highest BCUT2D eigenvalue weighted by Gasteiger charge is 2.46. The van der Waals surface area contributed by atoms with Crippen LogP contribution >= 0.6 is 22.9 Å². The maximum atomic E-state index is 11.2. The van der Waals surface area contributed by atoms with Crippen molar-refractivity contribution in [2.24, 2.45) is 0 Å². The number of ether oxygens (including phenoxy) is 1. The highest BCUT2D eigenvalue weighted by molar-refractivity contribution is 7.16. The van der Waals surface area contributed by atoms with Crippen LogP contribution < -0.4 is 10.6 Å². The Hall–Kier alpha value is -1.40. The second kappa shape index (κ2) is 6.97. The van der Waals surface area contributed by atoms with Crippen LogP contribution in [0.1, 0.15) is 48.7 Å². The van der Waals surface area contributed by atoms with Crippen molar-refractivity contribution in [2.75, 3.05) is 11.9 Å². The van der Waals surface area contributed by atoms with Crippen LogP contribution in [0.5, 0.6) is 0 Å². The van der Waals surface area contributed by atoms with Gasteiger partial charge in [0, 0.05) is 36.0 Å². The molecule has 1 saturated heterocycles. The maximum Gasteiger partial charge on any atom is 0.221 e. The van der Waals surface area contributed by atoms with E-state index in [0.29, 0.717) is 6.04 Å². The van der Waals surface area contributed by atoms with Gasteiger partial charge in [-0.2, -0.15) is 0 Å². The van der Waals surface area contributed by atoms with Crippen molar-refractivity contribution in [3.63, 3.8) is 0 Å². The summed E-state index contributed by atoms with van der Waals surface area (Å²) in [5.74, 6) is -0.0566. The zero-order valence-corrected chi connectivity index (χ0v) is 16.5. The maximum absolute atomic E-state index is 11.2. The first kappa shape index (κ1) is 18.0. The number of piperidine rings is 1. The highest BCUT2D eigenvalue weighted by atomic mass is 35.5. The van der Waals surface area contributed by atoms with Crippen LogP contribution in [-0.2, 0) is 21.6 Å². The summed E-state index contributed by atoms with van der Waals surface area (Å²) in [6, 6.07) is 10.7. The number of benzene rings is 1. The SMILES string of the molecule is CC(=O)Nc1ccc(C2CC3(CC(C)N2)OCCc2cc(Cl)sc23)cc1. The molecule has 1 amide bonds. The van der Waals surface area contributed by atoms with E-state index in [1.807, 2.05) is 12.1 Å². The van der Waals surface area contributed by atoms with Gasteiger partial charge in [0.1, 0.15) is 5.60 Å². The molecular weight excluding hydrogens is 368 g/mol. The van der Waals surface area contributed by atoms with Gasteiger partial charge in [0.25, 0.3) is 0 Å². The first-order chi connectivity index (χ1) is 12.4. The summed E-state index contributed by atoms with van der Waals surface area (Å²) < 4.78 is 7.25. The van der Waals surface area contributed by atoms with Gasteiger partial charge in [-0.25, -0.2) is 0 Å². The lowest BCUT2D eigenvalue weighted by Crippen LogP contribution is -2.49. The monoisotopic (exact) mass is 390 g/mol. The van der Waals surface area contributed by atoms with Gasteiger partial charge in [-0.1, -0.05) is 23.7 Å². The molecule has 1 fully saturated rings. The Balaban J connectivity index is 1.62. The molecule has 0 bridgehead atoms. The van der Waals surface area contributed by atoms with Crippen molar-refractivity contribution in [3.05, 3.63) is 50.7 Å². The van der Waals surface area contributed by atoms with E-state index in [0.717, 1.165) is 35.9 Å². The summed E-state index contributed by atoms with van der Waals surface area (Å²) in [4.78, 5) is 12.5. The third kappa shape index (κ3) is 3.41. The Morgan fingerprint density at radius 1 is 1.35 bits per heavy atom. The van der Waals surface area contributed by atoms with Gasteiger partial charge < -0.3 is 15.4 Å². The smallest absolute Gasteiger partial charge is 0.221 e. The number of hydrogen-bond donors (Lipinski definition) is 2. The van der Waals surface area contributed by atoms with Crippen LogP contribution in [0.3, 0.4) is 0 Å². The zero-order chi connectivity index (χ0) is 18.3. The van der Waals surface area contributed by atoms with E-state index in [-0.39, 0.29) is 17.6 Å². The Labute approximate surface area is 162 Å². The predicted octanol–water partition coefficient (Wildman–Crippen LogP) is 4.64. The Kier molecular flexibility index (Phi) is 4.82. The molecule has 3 unspecified atom stereocenters. The average Bonchev–Trinajstić information content (AvgIpc) is 2.97. The third-order valence-corrected chi connectivity index (χ3v) is 6.72. The standard InChI is InChI=1S/C20H23ClN2O2S/c1-12-10-20(19-15(7-8-25-20)9-18(21)26-19)11-17(22-12)14-3-5-16(6-4-14)23-13(2)24/h3-6,9,12,17,22H,7-8,10-11H2,1-2H3,(H,23,24). The lowest BCUT2D eigenvalue weighted by Gasteiger charge is -2.46. The summed E-state index contributed by atoms with van der Waals surface area (Å²) in [6.07, 6.45) is 2.79. The first-order valence-corrected chi connectivity index (χ1v) is 10.2. The van der Waals surface area contributed by atoms with Gasteiger partial charge in [0.2, 0.25) is 5.91 Å². The van der Waals surface area contributed by atoms with E-state index in [1.54, 1.807) is 11.3 Å².